The van der Waals surface area contributed by atoms with E-state index in [0.29, 0.717) is 17.7 Å². The topological polar surface area (TPSA) is 50.7 Å². The van der Waals surface area contributed by atoms with Crippen molar-refractivity contribution in [2.75, 3.05) is 20.2 Å². The molecule has 0 radical (unpaired) electrons. The summed E-state index contributed by atoms with van der Waals surface area (Å²) >= 11 is 0. The molecule has 1 aliphatic heterocycles. The molecule has 0 spiro atoms. The van der Waals surface area contributed by atoms with Gasteiger partial charge in [-0.25, -0.2) is 0 Å². The maximum Gasteiger partial charge on any atom is 0.174 e. The number of carbonyl (C=O) groups is 1. The van der Waals surface area contributed by atoms with Gasteiger partial charge in [0.25, 0.3) is 0 Å². The number of ether oxygens (including phenoxy) is 1. The van der Waals surface area contributed by atoms with Gasteiger partial charge in [-0.3, -0.25) is 9.79 Å². The second-order valence-corrected chi connectivity index (χ2v) is 4.51. The third-order valence-corrected chi connectivity index (χ3v) is 3.01. The SMILES string of the molecule is COc1cc(C)cc(C)c1C(=O)CC1=NCCN1. The second kappa shape index (κ2) is 5.21. The normalized spacial score (nSPS) is 14.1. The Morgan fingerprint density at radius 2 is 2.22 bits per heavy atom. The molecule has 0 unspecified atom stereocenters. The average molecular weight is 246 g/mol. The molecular formula is C14H18N2O2. The number of aliphatic imine (C=N–C) groups is 1. The summed E-state index contributed by atoms with van der Waals surface area (Å²) in [6.45, 7) is 5.51. The Balaban J connectivity index is 2.28. The summed E-state index contributed by atoms with van der Waals surface area (Å²) in [6.07, 6.45) is 0.320. The van der Waals surface area contributed by atoms with Crippen LogP contribution in [0.15, 0.2) is 17.1 Å². The van der Waals surface area contributed by atoms with Gasteiger partial charge in [0.15, 0.2) is 5.78 Å². The van der Waals surface area contributed by atoms with Crippen LogP contribution in [0.1, 0.15) is 27.9 Å². The van der Waals surface area contributed by atoms with Crippen molar-refractivity contribution in [2.24, 2.45) is 4.99 Å². The molecule has 4 nitrogen and oxygen atoms in total. The van der Waals surface area contributed by atoms with Crippen LogP contribution < -0.4 is 10.1 Å². The van der Waals surface area contributed by atoms with Crippen LogP contribution in [0.25, 0.3) is 0 Å². The van der Waals surface area contributed by atoms with Crippen molar-refractivity contribution in [3.8, 4) is 5.75 Å². The van der Waals surface area contributed by atoms with E-state index in [1.54, 1.807) is 7.11 Å². The highest BCUT2D eigenvalue weighted by molar-refractivity contribution is 6.11. The molecule has 0 aromatic heterocycles. The zero-order valence-electron chi connectivity index (χ0n) is 11.0. The van der Waals surface area contributed by atoms with E-state index in [9.17, 15) is 4.79 Å². The molecule has 0 aliphatic carbocycles. The highest BCUT2D eigenvalue weighted by atomic mass is 16.5. The Morgan fingerprint density at radius 1 is 1.44 bits per heavy atom. The van der Waals surface area contributed by atoms with Crippen molar-refractivity contribution in [1.82, 2.24) is 5.32 Å². The van der Waals surface area contributed by atoms with E-state index in [4.69, 9.17) is 4.74 Å². The Bertz CT molecular complexity index is 507. The van der Waals surface area contributed by atoms with E-state index < -0.39 is 0 Å². The summed E-state index contributed by atoms with van der Waals surface area (Å²) in [5.41, 5.74) is 2.71. The van der Waals surface area contributed by atoms with Crippen molar-refractivity contribution in [3.05, 3.63) is 28.8 Å². The van der Waals surface area contributed by atoms with E-state index >= 15 is 0 Å². The molecule has 1 aromatic rings. The van der Waals surface area contributed by atoms with Crippen LogP contribution in [0.3, 0.4) is 0 Å². The molecule has 4 heteroatoms. The molecule has 0 atom stereocenters. The molecule has 1 N–H and O–H groups in total. The molecule has 2 rings (SSSR count). The van der Waals surface area contributed by atoms with Crippen LogP contribution in [0.4, 0.5) is 0 Å². The van der Waals surface area contributed by atoms with Crippen LogP contribution in [0.5, 0.6) is 5.75 Å². The molecule has 1 aliphatic rings. The van der Waals surface area contributed by atoms with E-state index in [1.165, 1.54) is 0 Å². The minimum absolute atomic E-state index is 0.0532. The third-order valence-electron chi connectivity index (χ3n) is 3.01. The first-order chi connectivity index (χ1) is 8.61. The number of hydrogen-bond acceptors (Lipinski definition) is 4. The number of amidine groups is 1. The van der Waals surface area contributed by atoms with Crippen molar-refractivity contribution in [3.63, 3.8) is 0 Å². The molecule has 0 bridgehead atoms. The molecule has 1 heterocycles. The molecule has 0 fully saturated rings. The quantitative estimate of drug-likeness (QED) is 0.825. The maximum absolute atomic E-state index is 12.3. The lowest BCUT2D eigenvalue weighted by Crippen LogP contribution is -2.22. The summed E-state index contributed by atoms with van der Waals surface area (Å²) in [5, 5.41) is 3.11. The molecule has 96 valence electrons. The largest absolute Gasteiger partial charge is 0.496 e. The van der Waals surface area contributed by atoms with Gasteiger partial charge in [0.2, 0.25) is 0 Å². The molecular weight excluding hydrogens is 228 g/mol. The summed E-state index contributed by atoms with van der Waals surface area (Å²) in [6, 6.07) is 3.89. The van der Waals surface area contributed by atoms with Crippen LogP contribution in [0.2, 0.25) is 0 Å². The Kier molecular flexibility index (Phi) is 3.65. The zero-order valence-corrected chi connectivity index (χ0v) is 11.0. The van der Waals surface area contributed by atoms with Crippen LogP contribution in [-0.4, -0.2) is 31.8 Å². The fraction of sp³-hybridized carbons (Fsp3) is 0.429. The minimum atomic E-state index is 0.0532. The second-order valence-electron chi connectivity index (χ2n) is 4.51. The molecule has 0 amide bonds. The van der Waals surface area contributed by atoms with Crippen molar-refractivity contribution in [1.29, 1.82) is 0 Å². The molecule has 0 saturated carbocycles. The summed E-state index contributed by atoms with van der Waals surface area (Å²) in [5.74, 6) is 1.48. The standard InChI is InChI=1S/C14H18N2O2/c1-9-6-10(2)14(12(7-9)18-3)11(17)8-13-15-4-5-16-13/h6-7H,4-5,8H2,1-3H3,(H,15,16). The van der Waals surface area contributed by atoms with E-state index in [-0.39, 0.29) is 5.78 Å². The first-order valence-electron chi connectivity index (χ1n) is 6.07. The van der Waals surface area contributed by atoms with Gasteiger partial charge in [-0.15, -0.1) is 0 Å². The third kappa shape index (κ3) is 2.53. The summed E-state index contributed by atoms with van der Waals surface area (Å²) in [4.78, 5) is 16.6. The van der Waals surface area contributed by atoms with Crippen molar-refractivity contribution >= 4 is 11.6 Å². The number of rotatable bonds is 4. The fourth-order valence-corrected chi connectivity index (χ4v) is 2.25. The average Bonchev–Trinajstić information content (AvgIpc) is 2.80. The predicted molar refractivity (Wildman–Crippen MR) is 71.7 cm³/mol. The predicted octanol–water partition coefficient (Wildman–Crippen LogP) is 1.89. The van der Waals surface area contributed by atoms with Gasteiger partial charge >= 0.3 is 0 Å². The number of benzene rings is 1. The molecule has 1 aromatic carbocycles. The highest BCUT2D eigenvalue weighted by Gasteiger charge is 2.19. The summed E-state index contributed by atoms with van der Waals surface area (Å²) < 4.78 is 5.31. The summed E-state index contributed by atoms with van der Waals surface area (Å²) in [7, 11) is 1.59. The van der Waals surface area contributed by atoms with Gasteiger partial charge in [0, 0.05) is 6.54 Å². The van der Waals surface area contributed by atoms with E-state index in [0.717, 1.165) is 30.1 Å². The van der Waals surface area contributed by atoms with Crippen LogP contribution in [-0.2, 0) is 0 Å². The lowest BCUT2D eigenvalue weighted by atomic mass is 9.99. The van der Waals surface area contributed by atoms with Crippen molar-refractivity contribution < 1.29 is 9.53 Å². The highest BCUT2D eigenvalue weighted by Crippen LogP contribution is 2.25. The number of ketones is 1. The smallest absolute Gasteiger partial charge is 0.174 e. The fourth-order valence-electron chi connectivity index (χ4n) is 2.25. The minimum Gasteiger partial charge on any atom is -0.496 e. The van der Waals surface area contributed by atoms with Gasteiger partial charge in [-0.2, -0.15) is 0 Å². The van der Waals surface area contributed by atoms with Crippen LogP contribution in [0, 0.1) is 13.8 Å². The zero-order chi connectivity index (χ0) is 13.1. The Hall–Kier alpha value is -1.84. The monoisotopic (exact) mass is 246 g/mol. The van der Waals surface area contributed by atoms with E-state index in [1.807, 2.05) is 26.0 Å². The van der Waals surface area contributed by atoms with Crippen molar-refractivity contribution in [2.45, 2.75) is 20.3 Å². The number of carbonyl (C=O) groups excluding carboxylic acids is 1. The lowest BCUT2D eigenvalue weighted by molar-refractivity contribution is 0.0996. The van der Waals surface area contributed by atoms with E-state index in [2.05, 4.69) is 10.3 Å². The number of methoxy groups -OCH3 is 1. The number of nitrogens with zero attached hydrogens (tertiary/aromatic N) is 1. The molecule has 0 saturated heterocycles. The number of nitrogens with one attached hydrogen (secondary N) is 1. The van der Waals surface area contributed by atoms with Gasteiger partial charge in [0.05, 0.1) is 25.6 Å². The first-order valence-corrected chi connectivity index (χ1v) is 6.07. The lowest BCUT2D eigenvalue weighted by Gasteiger charge is -2.12. The van der Waals surface area contributed by atoms with Gasteiger partial charge in [-0.1, -0.05) is 6.07 Å². The van der Waals surface area contributed by atoms with Gasteiger partial charge < -0.3 is 10.1 Å². The molecule has 18 heavy (non-hydrogen) atoms. The maximum atomic E-state index is 12.3. The number of aryl methyl sites for hydroxylation is 2. The number of Topliss-reactive ketones (excluding diaryl/α,β-unsaturated/α-hetero) is 1. The Labute approximate surface area is 107 Å². The van der Waals surface area contributed by atoms with Crippen LogP contribution >= 0.6 is 0 Å². The number of hydrogen-bond donors (Lipinski definition) is 1. The first kappa shape index (κ1) is 12.6. The van der Waals surface area contributed by atoms with Gasteiger partial charge in [0.1, 0.15) is 11.6 Å². The van der Waals surface area contributed by atoms with Gasteiger partial charge in [-0.05, 0) is 31.0 Å². The Morgan fingerprint density at radius 3 is 2.83 bits per heavy atom.